The number of hydrogen-bond acceptors (Lipinski definition) is 6. The number of aromatic nitrogens is 1. The third-order valence-corrected chi connectivity index (χ3v) is 6.30. The minimum absolute atomic E-state index is 0.136. The number of thiazole rings is 1. The average molecular weight is 425 g/mol. The second-order valence-electron chi connectivity index (χ2n) is 7.08. The maximum absolute atomic E-state index is 13.9. The highest BCUT2D eigenvalue weighted by Crippen LogP contribution is 2.32. The largest absolute Gasteiger partial charge is 0.490 e. The first-order valence-electron chi connectivity index (χ1n) is 9.88. The molecule has 0 saturated carbocycles. The molecule has 1 aliphatic rings. The number of benzene rings is 2. The van der Waals surface area contributed by atoms with E-state index in [1.165, 1.54) is 17.4 Å². The summed E-state index contributed by atoms with van der Waals surface area (Å²) in [6.45, 7) is 4.81. The van der Waals surface area contributed by atoms with Crippen molar-refractivity contribution in [3.05, 3.63) is 54.0 Å². The van der Waals surface area contributed by atoms with Gasteiger partial charge in [0.25, 0.3) is 5.91 Å². The van der Waals surface area contributed by atoms with Crippen molar-refractivity contribution >= 4 is 43.6 Å². The topological polar surface area (TPSA) is 58.8 Å². The molecule has 6 nitrogen and oxygen atoms in total. The van der Waals surface area contributed by atoms with E-state index in [9.17, 15) is 9.18 Å². The third kappa shape index (κ3) is 3.27. The van der Waals surface area contributed by atoms with Crippen molar-refractivity contribution in [1.29, 1.82) is 0 Å². The van der Waals surface area contributed by atoms with Crippen LogP contribution in [-0.2, 0) is 0 Å². The van der Waals surface area contributed by atoms with Gasteiger partial charge >= 0.3 is 0 Å². The van der Waals surface area contributed by atoms with Crippen LogP contribution in [-0.4, -0.2) is 48.6 Å². The summed E-state index contributed by atoms with van der Waals surface area (Å²) in [7, 11) is 0. The van der Waals surface area contributed by atoms with E-state index in [-0.39, 0.29) is 11.7 Å². The SMILES string of the molecule is CCOc1cccc2cc(C(=O)N3CCN(c4nc5c(F)cccc5s4)CC3)oc12. The summed E-state index contributed by atoms with van der Waals surface area (Å²) in [5.74, 6) is 0.512. The van der Waals surface area contributed by atoms with Crippen molar-refractivity contribution in [3.8, 4) is 5.75 Å². The molecule has 0 N–H and O–H groups in total. The predicted octanol–water partition coefficient (Wildman–Crippen LogP) is 4.54. The molecule has 154 valence electrons. The number of fused-ring (bicyclic) bond motifs is 2. The van der Waals surface area contributed by atoms with Gasteiger partial charge in [-0.05, 0) is 31.2 Å². The van der Waals surface area contributed by atoms with E-state index < -0.39 is 0 Å². The molecular weight excluding hydrogens is 405 g/mol. The van der Waals surface area contributed by atoms with E-state index in [2.05, 4.69) is 9.88 Å². The van der Waals surface area contributed by atoms with Gasteiger partial charge in [-0.3, -0.25) is 4.79 Å². The van der Waals surface area contributed by atoms with Crippen LogP contribution >= 0.6 is 11.3 Å². The summed E-state index contributed by atoms with van der Waals surface area (Å²) >= 11 is 1.47. The highest BCUT2D eigenvalue weighted by atomic mass is 32.1. The number of ether oxygens (including phenoxy) is 1. The molecule has 4 aromatic rings. The van der Waals surface area contributed by atoms with Crippen molar-refractivity contribution < 1.29 is 18.3 Å². The maximum Gasteiger partial charge on any atom is 0.289 e. The Hall–Kier alpha value is -3.13. The maximum atomic E-state index is 13.9. The van der Waals surface area contributed by atoms with E-state index in [1.54, 1.807) is 17.0 Å². The highest BCUT2D eigenvalue weighted by Gasteiger charge is 2.26. The summed E-state index contributed by atoms with van der Waals surface area (Å²) in [5, 5.41) is 1.63. The molecule has 5 rings (SSSR count). The van der Waals surface area contributed by atoms with Crippen LogP contribution in [0.4, 0.5) is 9.52 Å². The van der Waals surface area contributed by atoms with E-state index >= 15 is 0 Å². The number of piperazine rings is 1. The zero-order valence-corrected chi connectivity index (χ0v) is 17.2. The number of carbonyl (C=O) groups excluding carboxylic acids is 1. The van der Waals surface area contributed by atoms with Gasteiger partial charge in [-0.15, -0.1) is 0 Å². The van der Waals surface area contributed by atoms with Crippen LogP contribution in [0, 0.1) is 5.82 Å². The number of para-hydroxylation sites is 2. The molecule has 0 radical (unpaired) electrons. The average Bonchev–Trinajstić information content (AvgIpc) is 3.39. The predicted molar refractivity (Wildman–Crippen MR) is 115 cm³/mol. The number of furan rings is 1. The first-order valence-corrected chi connectivity index (χ1v) is 10.7. The van der Waals surface area contributed by atoms with Gasteiger partial charge in [0.1, 0.15) is 11.3 Å². The second kappa shape index (κ2) is 7.60. The van der Waals surface area contributed by atoms with Crippen molar-refractivity contribution in [2.45, 2.75) is 6.92 Å². The van der Waals surface area contributed by atoms with E-state index in [0.29, 0.717) is 55.4 Å². The lowest BCUT2D eigenvalue weighted by atomic mass is 10.2. The second-order valence-corrected chi connectivity index (χ2v) is 8.09. The van der Waals surface area contributed by atoms with Crippen LogP contribution in [0.3, 0.4) is 0 Å². The molecule has 2 aromatic heterocycles. The van der Waals surface area contributed by atoms with Crippen molar-refractivity contribution in [2.75, 3.05) is 37.7 Å². The molecule has 3 heterocycles. The Kier molecular flexibility index (Phi) is 4.78. The Morgan fingerprint density at radius 1 is 1.20 bits per heavy atom. The van der Waals surface area contributed by atoms with Crippen molar-refractivity contribution in [2.24, 2.45) is 0 Å². The molecule has 30 heavy (non-hydrogen) atoms. The Balaban J connectivity index is 1.31. The van der Waals surface area contributed by atoms with Gasteiger partial charge in [0.05, 0.1) is 11.3 Å². The summed E-state index contributed by atoms with van der Waals surface area (Å²) in [5.41, 5.74) is 1.00. The lowest BCUT2D eigenvalue weighted by Crippen LogP contribution is -2.48. The van der Waals surface area contributed by atoms with Gasteiger partial charge < -0.3 is 19.0 Å². The molecule has 0 spiro atoms. The van der Waals surface area contributed by atoms with Gasteiger partial charge in [0.15, 0.2) is 22.2 Å². The minimum Gasteiger partial charge on any atom is -0.490 e. The Morgan fingerprint density at radius 2 is 2.00 bits per heavy atom. The summed E-state index contributed by atoms with van der Waals surface area (Å²) in [6, 6.07) is 12.4. The fourth-order valence-corrected chi connectivity index (χ4v) is 4.74. The number of halogens is 1. The van der Waals surface area contributed by atoms with Crippen LogP contribution < -0.4 is 9.64 Å². The monoisotopic (exact) mass is 425 g/mol. The Bertz CT molecular complexity index is 1230. The lowest BCUT2D eigenvalue weighted by Gasteiger charge is -2.34. The fraction of sp³-hybridized carbons (Fsp3) is 0.273. The molecule has 1 fully saturated rings. The van der Waals surface area contributed by atoms with Gasteiger partial charge in [-0.2, -0.15) is 0 Å². The lowest BCUT2D eigenvalue weighted by molar-refractivity contribution is 0.0717. The van der Waals surface area contributed by atoms with Crippen LogP contribution in [0.15, 0.2) is 46.9 Å². The van der Waals surface area contributed by atoms with Gasteiger partial charge in [-0.25, -0.2) is 9.37 Å². The van der Waals surface area contributed by atoms with Crippen molar-refractivity contribution in [3.63, 3.8) is 0 Å². The fourth-order valence-electron chi connectivity index (χ4n) is 3.71. The summed E-state index contributed by atoms with van der Waals surface area (Å²) in [6.07, 6.45) is 0. The molecule has 1 saturated heterocycles. The standard InChI is InChI=1S/C22H20FN3O3S/c1-2-28-16-7-3-5-14-13-17(29-20(14)16)21(27)25-9-11-26(12-10-25)22-24-19-15(23)6-4-8-18(19)30-22/h3-8,13H,2,9-12H2,1H3. The number of carbonyl (C=O) groups is 1. The zero-order valence-electron chi connectivity index (χ0n) is 16.4. The molecule has 8 heteroatoms. The summed E-state index contributed by atoms with van der Waals surface area (Å²) < 4.78 is 26.2. The van der Waals surface area contributed by atoms with E-state index in [1.807, 2.05) is 31.2 Å². The molecule has 2 aromatic carbocycles. The molecule has 0 bridgehead atoms. The van der Waals surface area contributed by atoms with Crippen LogP contribution in [0.2, 0.25) is 0 Å². The first kappa shape index (κ1) is 18.9. The first-order chi connectivity index (χ1) is 14.6. The normalized spacial score (nSPS) is 14.6. The number of nitrogens with zero attached hydrogens (tertiary/aromatic N) is 3. The van der Waals surface area contributed by atoms with Crippen LogP contribution in [0.1, 0.15) is 17.5 Å². The number of rotatable bonds is 4. The molecular formula is C22H20FN3O3S. The molecule has 0 atom stereocenters. The van der Waals surface area contributed by atoms with Gasteiger partial charge in [0.2, 0.25) is 0 Å². The quantitative estimate of drug-likeness (QED) is 0.480. The van der Waals surface area contributed by atoms with E-state index in [4.69, 9.17) is 9.15 Å². The highest BCUT2D eigenvalue weighted by molar-refractivity contribution is 7.22. The van der Waals surface area contributed by atoms with Gasteiger partial charge in [0, 0.05) is 31.6 Å². The Morgan fingerprint density at radius 3 is 2.77 bits per heavy atom. The zero-order chi connectivity index (χ0) is 20.7. The third-order valence-electron chi connectivity index (χ3n) is 5.21. The van der Waals surface area contributed by atoms with Crippen molar-refractivity contribution in [1.82, 2.24) is 9.88 Å². The van der Waals surface area contributed by atoms with Crippen LogP contribution in [0.5, 0.6) is 5.75 Å². The molecule has 0 unspecified atom stereocenters. The summed E-state index contributed by atoms with van der Waals surface area (Å²) in [4.78, 5) is 21.3. The molecule has 1 amide bonds. The minimum atomic E-state index is -0.305. The number of amides is 1. The van der Waals surface area contributed by atoms with Gasteiger partial charge in [-0.1, -0.05) is 29.5 Å². The number of anilines is 1. The Labute approximate surface area is 176 Å². The number of hydrogen-bond donors (Lipinski definition) is 0. The molecule has 0 aliphatic carbocycles. The van der Waals surface area contributed by atoms with E-state index in [0.717, 1.165) is 15.2 Å². The van der Waals surface area contributed by atoms with Crippen LogP contribution in [0.25, 0.3) is 21.2 Å². The smallest absolute Gasteiger partial charge is 0.289 e. The molecule has 1 aliphatic heterocycles.